The Morgan fingerprint density at radius 1 is 1.33 bits per heavy atom. The molecule has 2 rings (SSSR count). The third-order valence-corrected chi connectivity index (χ3v) is 2.94. The van der Waals surface area contributed by atoms with Crippen LogP contribution in [-0.4, -0.2) is 30.0 Å². The lowest BCUT2D eigenvalue weighted by Gasteiger charge is -2.29. The van der Waals surface area contributed by atoms with Crippen molar-refractivity contribution in [3.63, 3.8) is 0 Å². The van der Waals surface area contributed by atoms with Crippen molar-refractivity contribution in [2.45, 2.75) is 31.6 Å². The topological polar surface area (TPSA) is 74.2 Å². The Bertz CT molecular complexity index is 318. The maximum absolute atomic E-state index is 5.61. The summed E-state index contributed by atoms with van der Waals surface area (Å²) in [5, 5.41) is 8.09. The lowest BCUT2D eigenvalue weighted by atomic mass is 9.82. The van der Waals surface area contributed by atoms with Crippen LogP contribution in [0.5, 0.6) is 0 Å². The average Bonchev–Trinajstić information content (AvgIpc) is 2.69. The monoisotopic (exact) mass is 211 g/mol. The summed E-state index contributed by atoms with van der Waals surface area (Å²) >= 11 is 0. The summed E-state index contributed by atoms with van der Waals surface area (Å²) in [6.07, 6.45) is 2.54. The fraction of sp³-hybridized carbons (Fsp3) is 0.800. The predicted molar refractivity (Wildman–Crippen MR) is 54.5 cm³/mol. The zero-order chi connectivity index (χ0) is 10.7. The van der Waals surface area contributed by atoms with E-state index in [9.17, 15) is 0 Å². The van der Waals surface area contributed by atoms with E-state index in [4.69, 9.17) is 14.9 Å². The van der Waals surface area contributed by atoms with Gasteiger partial charge in [-0.3, -0.25) is 0 Å². The van der Waals surface area contributed by atoms with Gasteiger partial charge in [-0.05, 0) is 12.8 Å². The molecule has 1 fully saturated rings. The van der Waals surface area contributed by atoms with E-state index >= 15 is 0 Å². The SMILES string of the molecule is CC1(c2nnc(CCN)o2)CCOCC1. The highest BCUT2D eigenvalue weighted by atomic mass is 16.5. The van der Waals surface area contributed by atoms with E-state index in [1.165, 1.54) is 0 Å². The molecule has 0 aliphatic carbocycles. The fourth-order valence-corrected chi connectivity index (χ4v) is 1.76. The first kappa shape index (κ1) is 10.6. The van der Waals surface area contributed by atoms with Crippen LogP contribution < -0.4 is 5.73 Å². The molecular formula is C10H17N3O2. The van der Waals surface area contributed by atoms with Gasteiger partial charge in [0.2, 0.25) is 11.8 Å². The van der Waals surface area contributed by atoms with E-state index in [1.807, 2.05) is 0 Å². The molecule has 1 aliphatic rings. The minimum Gasteiger partial charge on any atom is -0.425 e. The van der Waals surface area contributed by atoms with E-state index in [1.54, 1.807) is 0 Å². The van der Waals surface area contributed by atoms with Crippen LogP contribution in [0.4, 0.5) is 0 Å². The number of hydrogen-bond acceptors (Lipinski definition) is 5. The molecule has 0 amide bonds. The molecule has 0 bridgehead atoms. The Hall–Kier alpha value is -0.940. The standard InChI is InChI=1S/C10H17N3O2/c1-10(3-6-14-7-4-10)9-13-12-8(15-9)2-5-11/h2-7,11H2,1H3. The van der Waals surface area contributed by atoms with Crippen LogP contribution >= 0.6 is 0 Å². The number of rotatable bonds is 3. The highest BCUT2D eigenvalue weighted by Crippen LogP contribution is 2.33. The molecule has 0 radical (unpaired) electrons. The van der Waals surface area contributed by atoms with Crippen LogP contribution in [-0.2, 0) is 16.6 Å². The lowest BCUT2D eigenvalue weighted by Crippen LogP contribution is -2.30. The van der Waals surface area contributed by atoms with Crippen molar-refractivity contribution in [3.8, 4) is 0 Å². The zero-order valence-corrected chi connectivity index (χ0v) is 9.03. The Balaban J connectivity index is 2.12. The van der Waals surface area contributed by atoms with Gasteiger partial charge in [-0.1, -0.05) is 6.92 Å². The third-order valence-electron chi connectivity index (χ3n) is 2.94. The van der Waals surface area contributed by atoms with Crippen molar-refractivity contribution < 1.29 is 9.15 Å². The van der Waals surface area contributed by atoms with Crippen LogP contribution in [0.3, 0.4) is 0 Å². The fourth-order valence-electron chi connectivity index (χ4n) is 1.76. The number of nitrogens with zero attached hydrogens (tertiary/aromatic N) is 2. The molecule has 84 valence electrons. The molecule has 1 aliphatic heterocycles. The molecule has 2 heterocycles. The van der Waals surface area contributed by atoms with Gasteiger partial charge in [0.15, 0.2) is 0 Å². The summed E-state index contributed by atoms with van der Waals surface area (Å²) in [5.41, 5.74) is 5.42. The third kappa shape index (κ3) is 2.18. The first-order chi connectivity index (χ1) is 7.24. The van der Waals surface area contributed by atoms with E-state index in [2.05, 4.69) is 17.1 Å². The van der Waals surface area contributed by atoms with Crippen LogP contribution in [0.2, 0.25) is 0 Å². The molecule has 0 saturated carbocycles. The van der Waals surface area contributed by atoms with Crippen LogP contribution in [0.15, 0.2) is 4.42 Å². The minimum atomic E-state index is -0.0158. The predicted octanol–water partition coefficient (Wildman–Crippen LogP) is 0.639. The molecule has 1 saturated heterocycles. The van der Waals surface area contributed by atoms with Crippen molar-refractivity contribution in [3.05, 3.63) is 11.8 Å². The van der Waals surface area contributed by atoms with Crippen molar-refractivity contribution in [1.29, 1.82) is 0 Å². The van der Waals surface area contributed by atoms with E-state index in [-0.39, 0.29) is 5.41 Å². The molecule has 0 unspecified atom stereocenters. The summed E-state index contributed by atoms with van der Waals surface area (Å²) in [4.78, 5) is 0. The Labute approximate surface area is 89.0 Å². The molecule has 5 heteroatoms. The summed E-state index contributed by atoms with van der Waals surface area (Å²) in [6, 6.07) is 0. The van der Waals surface area contributed by atoms with E-state index < -0.39 is 0 Å². The number of aromatic nitrogens is 2. The van der Waals surface area contributed by atoms with Crippen LogP contribution in [0.25, 0.3) is 0 Å². The van der Waals surface area contributed by atoms with Crippen molar-refractivity contribution >= 4 is 0 Å². The molecule has 0 spiro atoms. The molecular weight excluding hydrogens is 194 g/mol. The Morgan fingerprint density at radius 3 is 2.73 bits per heavy atom. The van der Waals surface area contributed by atoms with Gasteiger partial charge in [-0.15, -0.1) is 10.2 Å². The van der Waals surface area contributed by atoms with Crippen molar-refractivity contribution in [2.24, 2.45) is 5.73 Å². The highest BCUT2D eigenvalue weighted by Gasteiger charge is 2.34. The van der Waals surface area contributed by atoms with Gasteiger partial charge in [0.25, 0.3) is 0 Å². The second-order valence-corrected chi connectivity index (χ2v) is 4.21. The molecule has 0 aromatic carbocycles. The normalized spacial score (nSPS) is 20.4. The average molecular weight is 211 g/mol. The second kappa shape index (κ2) is 4.28. The summed E-state index contributed by atoms with van der Waals surface area (Å²) in [7, 11) is 0. The molecule has 2 N–H and O–H groups in total. The Kier molecular flexibility index (Phi) is 3.02. The number of nitrogens with two attached hydrogens (primary N) is 1. The van der Waals surface area contributed by atoms with Gasteiger partial charge >= 0.3 is 0 Å². The largest absolute Gasteiger partial charge is 0.425 e. The summed E-state index contributed by atoms with van der Waals surface area (Å²) in [6.45, 7) is 4.23. The molecule has 1 aromatic heterocycles. The minimum absolute atomic E-state index is 0.0158. The number of hydrogen-bond donors (Lipinski definition) is 1. The first-order valence-electron chi connectivity index (χ1n) is 5.35. The molecule has 0 atom stereocenters. The quantitative estimate of drug-likeness (QED) is 0.794. The first-order valence-corrected chi connectivity index (χ1v) is 5.35. The molecule has 5 nitrogen and oxygen atoms in total. The van der Waals surface area contributed by atoms with E-state index in [0.29, 0.717) is 18.9 Å². The summed E-state index contributed by atoms with van der Waals surface area (Å²) < 4.78 is 10.9. The smallest absolute Gasteiger partial charge is 0.222 e. The summed E-state index contributed by atoms with van der Waals surface area (Å²) in [5.74, 6) is 1.37. The number of ether oxygens (including phenoxy) is 1. The van der Waals surface area contributed by atoms with Gasteiger partial charge in [0.05, 0.1) is 5.41 Å². The molecule has 1 aromatic rings. The maximum Gasteiger partial charge on any atom is 0.222 e. The van der Waals surface area contributed by atoms with Gasteiger partial charge in [-0.2, -0.15) is 0 Å². The van der Waals surface area contributed by atoms with Gasteiger partial charge in [0.1, 0.15) is 0 Å². The van der Waals surface area contributed by atoms with Crippen LogP contribution in [0, 0.1) is 0 Å². The van der Waals surface area contributed by atoms with Gasteiger partial charge in [-0.25, -0.2) is 0 Å². The zero-order valence-electron chi connectivity index (χ0n) is 9.03. The highest BCUT2D eigenvalue weighted by molar-refractivity contribution is 5.03. The lowest BCUT2D eigenvalue weighted by molar-refractivity contribution is 0.0465. The van der Waals surface area contributed by atoms with Crippen molar-refractivity contribution in [1.82, 2.24) is 10.2 Å². The van der Waals surface area contributed by atoms with E-state index in [0.717, 1.165) is 31.9 Å². The van der Waals surface area contributed by atoms with Gasteiger partial charge < -0.3 is 14.9 Å². The van der Waals surface area contributed by atoms with Gasteiger partial charge in [0, 0.05) is 26.2 Å². The Morgan fingerprint density at radius 2 is 2.07 bits per heavy atom. The van der Waals surface area contributed by atoms with Crippen molar-refractivity contribution in [2.75, 3.05) is 19.8 Å². The molecule has 15 heavy (non-hydrogen) atoms. The second-order valence-electron chi connectivity index (χ2n) is 4.21. The van der Waals surface area contributed by atoms with Crippen LogP contribution in [0.1, 0.15) is 31.5 Å². The maximum atomic E-state index is 5.61.